The predicted octanol–water partition coefficient (Wildman–Crippen LogP) is 4.21. The summed E-state index contributed by atoms with van der Waals surface area (Å²) in [6.07, 6.45) is -0.704. The molecule has 0 aliphatic carbocycles. The number of ether oxygens (including phenoxy) is 1. The number of aromatic hydroxyl groups is 1. The van der Waals surface area contributed by atoms with E-state index in [0.29, 0.717) is 12.2 Å². The van der Waals surface area contributed by atoms with E-state index < -0.39 is 21.5 Å². The second kappa shape index (κ2) is 10.1. The molecule has 0 saturated carbocycles. The van der Waals surface area contributed by atoms with Crippen molar-refractivity contribution in [1.82, 2.24) is 0 Å². The standard InChI is InChI=1S/C31H26O5SSe/c1-20-7-15-24(16-8-20)36-37(33,34)28-19-27-29(30(31(28)35-27)22-9-13-23(32)14-10-22)21-11-17-26(18-12-21)38-25-5-3-2-4-6-25/h2-18,27-28,31-32H,19H2,1H3. The van der Waals surface area contributed by atoms with Gasteiger partial charge >= 0.3 is 205 Å². The topological polar surface area (TPSA) is 72.8 Å². The van der Waals surface area contributed by atoms with Crippen LogP contribution in [0.15, 0.2) is 103 Å². The summed E-state index contributed by atoms with van der Waals surface area (Å²) in [4.78, 5) is 0. The fraction of sp³-hybridized carbons (Fsp3) is 0.161. The summed E-state index contributed by atoms with van der Waals surface area (Å²) in [5, 5.41) is 9.04. The molecule has 0 aromatic heterocycles. The summed E-state index contributed by atoms with van der Waals surface area (Å²) < 4.78 is 41.2. The first-order valence-corrected chi connectivity index (χ1v) is 15.6. The van der Waals surface area contributed by atoms with Gasteiger partial charge in [-0.1, -0.05) is 17.7 Å². The van der Waals surface area contributed by atoms with Gasteiger partial charge in [0, 0.05) is 0 Å². The van der Waals surface area contributed by atoms with Crippen LogP contribution in [0.3, 0.4) is 0 Å². The molecule has 4 aromatic carbocycles. The van der Waals surface area contributed by atoms with Gasteiger partial charge in [-0.2, -0.15) is 0 Å². The van der Waals surface area contributed by atoms with E-state index in [1.807, 2.05) is 37.3 Å². The van der Waals surface area contributed by atoms with E-state index in [2.05, 4.69) is 48.5 Å². The molecule has 192 valence electrons. The van der Waals surface area contributed by atoms with Crippen LogP contribution in [0.2, 0.25) is 0 Å². The van der Waals surface area contributed by atoms with Crippen molar-refractivity contribution in [3.63, 3.8) is 0 Å². The molecule has 38 heavy (non-hydrogen) atoms. The van der Waals surface area contributed by atoms with E-state index in [4.69, 9.17) is 8.92 Å². The second-order valence-corrected chi connectivity index (χ2v) is 13.7. The third-order valence-corrected chi connectivity index (χ3v) is 10.7. The van der Waals surface area contributed by atoms with Crippen molar-refractivity contribution in [2.45, 2.75) is 30.8 Å². The molecule has 1 N–H and O–H groups in total. The van der Waals surface area contributed by atoms with Crippen LogP contribution in [-0.2, 0) is 14.9 Å². The summed E-state index contributed by atoms with van der Waals surface area (Å²) in [5.41, 5.74) is 4.71. The Morgan fingerprint density at radius 2 is 1.39 bits per heavy atom. The molecule has 1 saturated heterocycles. The monoisotopic (exact) mass is 590 g/mol. The fourth-order valence-corrected chi connectivity index (χ4v) is 8.28. The Labute approximate surface area is 229 Å². The minimum Gasteiger partial charge on any atom is -0.0556 e. The van der Waals surface area contributed by atoms with Gasteiger partial charge in [0.1, 0.15) is 0 Å². The van der Waals surface area contributed by atoms with E-state index in [0.717, 1.165) is 27.8 Å². The van der Waals surface area contributed by atoms with Crippen LogP contribution < -0.4 is 13.1 Å². The number of phenolic OH excluding ortho intramolecular Hbond substituents is 1. The minimum absolute atomic E-state index is 0.152. The smallest absolute Gasteiger partial charge is 0.0556 e. The molecule has 2 aliphatic heterocycles. The number of benzene rings is 4. The van der Waals surface area contributed by atoms with Gasteiger partial charge in [-0.05, 0) is 6.92 Å². The molecule has 2 heterocycles. The SMILES string of the molecule is Cc1ccc(OS(=O)(=O)C2CC3OC2C(c2ccc(O)cc2)=C3c2ccc([Se]c3ccccc3)cc2)cc1. The van der Waals surface area contributed by atoms with E-state index in [1.54, 1.807) is 24.3 Å². The molecule has 3 atom stereocenters. The number of fused-ring (bicyclic) bond motifs is 2. The molecule has 0 radical (unpaired) electrons. The van der Waals surface area contributed by atoms with Crippen molar-refractivity contribution in [3.05, 3.63) is 120 Å². The van der Waals surface area contributed by atoms with Crippen LogP contribution >= 0.6 is 0 Å². The Hall–Kier alpha value is -3.35. The number of rotatable bonds is 7. The van der Waals surface area contributed by atoms with Crippen molar-refractivity contribution in [3.8, 4) is 11.5 Å². The van der Waals surface area contributed by atoms with Gasteiger partial charge in [0.2, 0.25) is 0 Å². The summed E-state index contributed by atoms with van der Waals surface area (Å²) in [7, 11) is -3.96. The molecule has 1 fully saturated rings. The Morgan fingerprint density at radius 1 is 0.789 bits per heavy atom. The van der Waals surface area contributed by atoms with Gasteiger partial charge in [-0.3, -0.25) is 0 Å². The van der Waals surface area contributed by atoms with Gasteiger partial charge in [-0.25, -0.2) is 0 Å². The molecule has 2 bridgehead atoms. The molecular weight excluding hydrogens is 563 g/mol. The van der Waals surface area contributed by atoms with Crippen LogP contribution in [0.5, 0.6) is 11.5 Å². The van der Waals surface area contributed by atoms with Gasteiger partial charge in [0.25, 0.3) is 0 Å². The van der Waals surface area contributed by atoms with Crippen molar-refractivity contribution in [1.29, 1.82) is 0 Å². The zero-order chi connectivity index (χ0) is 26.3. The average molecular weight is 590 g/mol. The predicted molar refractivity (Wildman–Crippen MR) is 151 cm³/mol. The van der Waals surface area contributed by atoms with Gasteiger partial charge in [0.05, 0.1) is 0 Å². The normalized spacial score (nSPS) is 20.6. The van der Waals surface area contributed by atoms with Gasteiger partial charge in [-0.15, -0.1) is 0 Å². The first-order chi connectivity index (χ1) is 18.4. The number of aryl methyl sites for hydroxylation is 1. The second-order valence-electron chi connectivity index (χ2n) is 9.52. The Morgan fingerprint density at radius 3 is 2.08 bits per heavy atom. The van der Waals surface area contributed by atoms with E-state index in [-0.39, 0.29) is 26.8 Å². The third kappa shape index (κ3) is 4.91. The minimum atomic E-state index is -3.96. The van der Waals surface area contributed by atoms with Crippen LogP contribution in [0, 0.1) is 6.92 Å². The molecule has 5 nitrogen and oxygen atoms in total. The van der Waals surface area contributed by atoms with Crippen LogP contribution in [-0.4, -0.2) is 45.9 Å². The number of phenols is 1. The van der Waals surface area contributed by atoms with Crippen molar-refractivity contribution in [2.75, 3.05) is 0 Å². The molecule has 6 rings (SSSR count). The molecule has 4 aromatic rings. The first kappa shape index (κ1) is 25.0. The molecule has 3 unspecified atom stereocenters. The summed E-state index contributed by atoms with van der Waals surface area (Å²) in [5.74, 6) is 0.448. The number of hydrogen-bond acceptors (Lipinski definition) is 5. The van der Waals surface area contributed by atoms with E-state index >= 15 is 0 Å². The van der Waals surface area contributed by atoms with Gasteiger partial charge in [0.15, 0.2) is 0 Å². The summed E-state index contributed by atoms with van der Waals surface area (Å²) in [6, 6.07) is 32.7. The van der Waals surface area contributed by atoms with Crippen LogP contribution in [0.25, 0.3) is 11.1 Å². The van der Waals surface area contributed by atoms with Crippen molar-refractivity contribution in [2.24, 2.45) is 0 Å². The molecule has 0 amide bonds. The van der Waals surface area contributed by atoms with Crippen LogP contribution in [0.4, 0.5) is 0 Å². The fourth-order valence-electron chi connectivity index (χ4n) is 5.11. The van der Waals surface area contributed by atoms with Gasteiger partial charge < -0.3 is 0 Å². The van der Waals surface area contributed by atoms with Crippen molar-refractivity contribution < 1.29 is 22.4 Å². The molecule has 2 aliphatic rings. The zero-order valence-electron chi connectivity index (χ0n) is 20.7. The third-order valence-electron chi connectivity index (χ3n) is 6.92. The number of hydrogen-bond donors (Lipinski definition) is 1. The Kier molecular flexibility index (Phi) is 6.62. The maximum absolute atomic E-state index is 13.4. The Balaban J connectivity index is 1.35. The maximum atomic E-state index is 13.4. The Bertz CT molecular complexity index is 1580. The first-order valence-electron chi connectivity index (χ1n) is 12.4. The average Bonchev–Trinajstić information content (AvgIpc) is 3.52. The quantitative estimate of drug-likeness (QED) is 0.258. The summed E-state index contributed by atoms with van der Waals surface area (Å²) in [6.45, 7) is 1.94. The molecular formula is C31H26O5SSe. The van der Waals surface area contributed by atoms with Crippen LogP contribution in [0.1, 0.15) is 23.1 Å². The molecule has 0 spiro atoms. The van der Waals surface area contributed by atoms with E-state index in [9.17, 15) is 13.5 Å². The van der Waals surface area contributed by atoms with E-state index in [1.165, 1.54) is 8.92 Å². The summed E-state index contributed by atoms with van der Waals surface area (Å²) >= 11 is 0.200. The van der Waals surface area contributed by atoms with Crippen molar-refractivity contribution >= 4 is 45.1 Å². The molecule has 7 heteroatoms. The zero-order valence-corrected chi connectivity index (χ0v) is 23.2.